The van der Waals surface area contributed by atoms with E-state index in [0.717, 1.165) is 12.7 Å². The van der Waals surface area contributed by atoms with Crippen molar-refractivity contribution in [3.05, 3.63) is 0 Å². The second kappa shape index (κ2) is 12.3. The summed E-state index contributed by atoms with van der Waals surface area (Å²) in [5, 5.41) is 0. The van der Waals surface area contributed by atoms with Crippen molar-refractivity contribution in [3.63, 3.8) is 0 Å². The zero-order chi connectivity index (χ0) is 19.6. The van der Waals surface area contributed by atoms with Crippen LogP contribution in [0.3, 0.4) is 0 Å². The molecule has 26 heavy (non-hydrogen) atoms. The lowest BCUT2D eigenvalue weighted by Gasteiger charge is -2.39. The molecule has 1 saturated carbocycles. The van der Waals surface area contributed by atoms with Gasteiger partial charge in [-0.05, 0) is 57.7 Å². The molecule has 1 rings (SSSR count). The summed E-state index contributed by atoms with van der Waals surface area (Å²) in [6.45, 7) is 14.3. The molecule has 1 aliphatic rings. The standard InChI is InChI=1S/C21H42O4Si/c1-7-23-21(24-8-2)15-18(16-22)14-20(19-12-10-9-11-13-19)25-26(5,6)17(3)4/h16-21H,7-15H2,1-6H3. The molecule has 0 aliphatic heterocycles. The molecule has 0 spiro atoms. The van der Waals surface area contributed by atoms with E-state index in [1.807, 2.05) is 13.8 Å². The van der Waals surface area contributed by atoms with Crippen molar-refractivity contribution >= 4 is 14.6 Å². The molecule has 4 nitrogen and oxygen atoms in total. The highest BCUT2D eigenvalue weighted by atomic mass is 28.4. The Bertz CT molecular complexity index is 374. The molecule has 0 radical (unpaired) electrons. The number of ether oxygens (including phenoxy) is 2. The molecule has 5 heteroatoms. The van der Waals surface area contributed by atoms with Crippen LogP contribution in [0.1, 0.15) is 72.6 Å². The average Bonchev–Trinajstić information content (AvgIpc) is 2.61. The Kier molecular flexibility index (Phi) is 11.2. The van der Waals surface area contributed by atoms with E-state index in [0.29, 0.717) is 31.1 Å². The highest BCUT2D eigenvalue weighted by molar-refractivity contribution is 6.72. The van der Waals surface area contributed by atoms with E-state index >= 15 is 0 Å². The molecular formula is C21H42O4Si. The fourth-order valence-corrected chi connectivity index (χ4v) is 5.02. The van der Waals surface area contributed by atoms with Gasteiger partial charge in [-0.2, -0.15) is 0 Å². The lowest BCUT2D eigenvalue weighted by Crippen LogP contribution is -2.43. The molecule has 0 aromatic carbocycles. The number of aldehydes is 1. The SMILES string of the molecule is CCOC(CC(C=O)CC(O[Si](C)(C)C(C)C)C1CCCCC1)OCC. The minimum atomic E-state index is -1.76. The number of rotatable bonds is 13. The van der Waals surface area contributed by atoms with Crippen LogP contribution in [0.15, 0.2) is 0 Å². The number of hydrogen-bond donors (Lipinski definition) is 0. The molecule has 0 saturated heterocycles. The first-order valence-electron chi connectivity index (χ1n) is 10.7. The maximum atomic E-state index is 11.8. The zero-order valence-electron chi connectivity index (χ0n) is 18.0. The summed E-state index contributed by atoms with van der Waals surface area (Å²) in [5.74, 6) is 0.524. The van der Waals surface area contributed by atoms with Crippen LogP contribution in [0, 0.1) is 11.8 Å². The van der Waals surface area contributed by atoms with Crippen LogP contribution in [0.25, 0.3) is 0 Å². The monoisotopic (exact) mass is 386 g/mol. The molecule has 0 amide bonds. The molecule has 0 bridgehead atoms. The van der Waals surface area contributed by atoms with Gasteiger partial charge < -0.3 is 18.7 Å². The van der Waals surface area contributed by atoms with Crippen molar-refractivity contribution in [3.8, 4) is 0 Å². The molecular weight excluding hydrogens is 344 g/mol. The lowest BCUT2D eigenvalue weighted by atomic mass is 9.81. The normalized spacial score (nSPS) is 19.1. The minimum Gasteiger partial charge on any atom is -0.414 e. The first-order chi connectivity index (χ1) is 12.3. The van der Waals surface area contributed by atoms with Crippen molar-refractivity contribution in [2.45, 2.75) is 104 Å². The quantitative estimate of drug-likeness (QED) is 0.236. The van der Waals surface area contributed by atoms with Gasteiger partial charge in [0, 0.05) is 31.7 Å². The summed E-state index contributed by atoms with van der Waals surface area (Å²) in [7, 11) is -1.76. The minimum absolute atomic E-state index is 0.0676. The third-order valence-corrected chi connectivity index (χ3v) is 9.64. The Hall–Kier alpha value is -0.233. The van der Waals surface area contributed by atoms with Gasteiger partial charge in [0.2, 0.25) is 0 Å². The lowest BCUT2D eigenvalue weighted by molar-refractivity contribution is -0.150. The van der Waals surface area contributed by atoms with Crippen LogP contribution in [0.2, 0.25) is 18.6 Å². The molecule has 2 unspecified atom stereocenters. The van der Waals surface area contributed by atoms with Crippen LogP contribution >= 0.6 is 0 Å². The second-order valence-corrected chi connectivity index (χ2v) is 13.1. The third kappa shape index (κ3) is 8.20. The van der Waals surface area contributed by atoms with Crippen LogP contribution in [0.5, 0.6) is 0 Å². The van der Waals surface area contributed by atoms with Crippen molar-refractivity contribution in [2.75, 3.05) is 13.2 Å². The average molecular weight is 387 g/mol. The van der Waals surface area contributed by atoms with Crippen molar-refractivity contribution < 1.29 is 18.7 Å². The van der Waals surface area contributed by atoms with Crippen molar-refractivity contribution in [2.24, 2.45) is 11.8 Å². The maximum Gasteiger partial charge on any atom is 0.189 e. The molecule has 0 aromatic rings. The van der Waals surface area contributed by atoms with Gasteiger partial charge in [0.25, 0.3) is 0 Å². The predicted octanol–water partition coefficient (Wildman–Crippen LogP) is 5.56. The van der Waals surface area contributed by atoms with E-state index in [9.17, 15) is 4.79 Å². The largest absolute Gasteiger partial charge is 0.414 e. The van der Waals surface area contributed by atoms with Gasteiger partial charge >= 0.3 is 0 Å². The van der Waals surface area contributed by atoms with E-state index in [-0.39, 0.29) is 18.3 Å². The fourth-order valence-electron chi connectivity index (χ4n) is 3.68. The second-order valence-electron chi connectivity index (χ2n) is 8.52. The van der Waals surface area contributed by atoms with E-state index in [1.165, 1.54) is 32.1 Å². The van der Waals surface area contributed by atoms with Gasteiger partial charge in [-0.3, -0.25) is 0 Å². The van der Waals surface area contributed by atoms with Gasteiger partial charge in [0.05, 0.1) is 0 Å². The Morgan fingerprint density at radius 2 is 1.58 bits per heavy atom. The van der Waals surface area contributed by atoms with Gasteiger partial charge in [0.15, 0.2) is 14.6 Å². The van der Waals surface area contributed by atoms with E-state index in [4.69, 9.17) is 13.9 Å². The van der Waals surface area contributed by atoms with Crippen LogP contribution in [-0.2, 0) is 18.7 Å². The predicted molar refractivity (Wildman–Crippen MR) is 110 cm³/mol. The van der Waals surface area contributed by atoms with Crippen LogP contribution < -0.4 is 0 Å². The van der Waals surface area contributed by atoms with Gasteiger partial charge in [-0.25, -0.2) is 0 Å². The Balaban J connectivity index is 2.81. The molecule has 1 aliphatic carbocycles. The van der Waals surface area contributed by atoms with Crippen LogP contribution in [-0.4, -0.2) is 40.2 Å². The molecule has 0 N–H and O–H groups in total. The Morgan fingerprint density at radius 1 is 1.00 bits per heavy atom. The third-order valence-electron chi connectivity index (χ3n) is 5.95. The molecule has 154 valence electrons. The molecule has 2 atom stereocenters. The first-order valence-corrected chi connectivity index (χ1v) is 13.7. The Morgan fingerprint density at radius 3 is 2.04 bits per heavy atom. The number of hydrogen-bond acceptors (Lipinski definition) is 4. The number of carbonyl (C=O) groups is 1. The first kappa shape index (κ1) is 23.8. The summed E-state index contributed by atoms with van der Waals surface area (Å²) < 4.78 is 18.1. The zero-order valence-corrected chi connectivity index (χ0v) is 19.0. The van der Waals surface area contributed by atoms with E-state index in [2.05, 4.69) is 26.9 Å². The van der Waals surface area contributed by atoms with Crippen molar-refractivity contribution in [1.82, 2.24) is 0 Å². The molecule has 0 heterocycles. The van der Waals surface area contributed by atoms with E-state index in [1.54, 1.807) is 0 Å². The summed E-state index contributed by atoms with van der Waals surface area (Å²) in [5.41, 5.74) is 0.572. The summed E-state index contributed by atoms with van der Waals surface area (Å²) in [4.78, 5) is 11.8. The fraction of sp³-hybridized carbons (Fsp3) is 0.952. The number of carbonyl (C=O) groups excluding carboxylic acids is 1. The summed E-state index contributed by atoms with van der Waals surface area (Å²) >= 11 is 0. The smallest absolute Gasteiger partial charge is 0.189 e. The highest BCUT2D eigenvalue weighted by Crippen LogP contribution is 2.35. The van der Waals surface area contributed by atoms with Gasteiger partial charge in [-0.1, -0.05) is 33.1 Å². The highest BCUT2D eigenvalue weighted by Gasteiger charge is 2.35. The van der Waals surface area contributed by atoms with Crippen molar-refractivity contribution in [1.29, 1.82) is 0 Å². The Labute approximate surface area is 162 Å². The topological polar surface area (TPSA) is 44.8 Å². The van der Waals surface area contributed by atoms with Crippen LogP contribution in [0.4, 0.5) is 0 Å². The molecule has 1 fully saturated rings. The van der Waals surface area contributed by atoms with Gasteiger partial charge in [0.1, 0.15) is 6.29 Å². The summed E-state index contributed by atoms with van der Waals surface area (Å²) in [6, 6.07) is 0. The summed E-state index contributed by atoms with van der Waals surface area (Å²) in [6.07, 6.45) is 8.81. The maximum absolute atomic E-state index is 11.8. The van der Waals surface area contributed by atoms with E-state index < -0.39 is 8.32 Å². The molecule has 0 aromatic heterocycles. The van der Waals surface area contributed by atoms with Gasteiger partial charge in [-0.15, -0.1) is 0 Å².